The lowest BCUT2D eigenvalue weighted by Crippen LogP contribution is -2.31. The highest BCUT2D eigenvalue weighted by molar-refractivity contribution is 9.10. The second kappa shape index (κ2) is 7.47. The average Bonchev–Trinajstić information content (AvgIpc) is 2.52. The van der Waals surface area contributed by atoms with Gasteiger partial charge in [0.05, 0.1) is 29.5 Å². The van der Waals surface area contributed by atoms with Crippen molar-refractivity contribution in [1.29, 1.82) is 5.26 Å². The summed E-state index contributed by atoms with van der Waals surface area (Å²) in [4.78, 5) is 23.2. The quantitative estimate of drug-likeness (QED) is 0.812. The van der Waals surface area contributed by atoms with Crippen molar-refractivity contribution in [3.05, 3.63) is 44.9 Å². The summed E-state index contributed by atoms with van der Waals surface area (Å²) in [5.41, 5.74) is 1.36. The maximum Gasteiger partial charge on any atom is 0.316 e. The van der Waals surface area contributed by atoms with Gasteiger partial charge in [0, 0.05) is 16.8 Å². The highest BCUT2D eigenvalue weighted by Gasteiger charge is 2.29. The van der Waals surface area contributed by atoms with E-state index in [2.05, 4.69) is 32.1 Å². The van der Waals surface area contributed by atoms with Crippen molar-refractivity contribution < 1.29 is 14.3 Å². The van der Waals surface area contributed by atoms with Crippen LogP contribution < -0.4 is 5.32 Å². The van der Waals surface area contributed by atoms with Crippen LogP contribution in [0.2, 0.25) is 0 Å². The third-order valence-corrected chi connectivity index (χ3v) is 4.71. The molecule has 0 bridgehead atoms. The first-order valence-corrected chi connectivity index (χ1v) is 8.22. The van der Waals surface area contributed by atoms with Crippen LogP contribution in [0.15, 0.2) is 39.3 Å². The van der Waals surface area contributed by atoms with Crippen molar-refractivity contribution in [2.45, 2.75) is 12.3 Å². The number of esters is 1. The second-order valence-corrected chi connectivity index (χ2v) is 6.48. The molecule has 0 fully saturated rings. The van der Waals surface area contributed by atoms with Gasteiger partial charge in [-0.3, -0.25) is 9.59 Å². The minimum Gasteiger partial charge on any atom is -0.468 e. The predicted octanol–water partition coefficient (Wildman–Crippen LogP) is 2.69. The molecule has 1 N–H and O–H groups in total. The molecule has 2 rings (SSSR count). The summed E-state index contributed by atoms with van der Waals surface area (Å²) in [5.74, 6) is -0.828. The number of hydrogen-bond donors (Lipinski definition) is 1. The van der Waals surface area contributed by atoms with Crippen molar-refractivity contribution in [2.24, 2.45) is 0 Å². The summed E-state index contributed by atoms with van der Waals surface area (Å²) in [5, 5.41) is 12.6. The lowest BCUT2D eigenvalue weighted by molar-refractivity contribution is -0.137. The van der Waals surface area contributed by atoms with Gasteiger partial charge in [-0.1, -0.05) is 39.8 Å². The number of hydrogen-bond acceptors (Lipinski definition) is 5. The molecule has 0 aromatic heterocycles. The van der Waals surface area contributed by atoms with E-state index in [0.717, 1.165) is 21.8 Å². The van der Waals surface area contributed by atoms with Crippen LogP contribution >= 0.6 is 27.7 Å². The van der Waals surface area contributed by atoms with E-state index >= 15 is 0 Å². The van der Waals surface area contributed by atoms with Gasteiger partial charge in [0.2, 0.25) is 5.91 Å². The Morgan fingerprint density at radius 3 is 2.77 bits per heavy atom. The van der Waals surface area contributed by atoms with E-state index in [4.69, 9.17) is 0 Å². The first-order chi connectivity index (χ1) is 10.5. The molecule has 1 aromatic carbocycles. The molecule has 0 radical (unpaired) electrons. The van der Waals surface area contributed by atoms with E-state index in [1.807, 2.05) is 24.3 Å². The molecule has 114 valence electrons. The summed E-state index contributed by atoms with van der Waals surface area (Å²) >= 11 is 4.47. The lowest BCUT2D eigenvalue weighted by atomic mass is 9.87. The monoisotopic (exact) mass is 380 g/mol. The number of rotatable bonds is 4. The Hall–Kier alpha value is -1.78. The van der Waals surface area contributed by atoms with E-state index in [0.29, 0.717) is 10.6 Å². The Bertz CT molecular complexity index is 664. The van der Waals surface area contributed by atoms with E-state index in [1.165, 1.54) is 7.11 Å². The Morgan fingerprint density at radius 1 is 1.50 bits per heavy atom. The fourth-order valence-electron chi connectivity index (χ4n) is 2.10. The highest BCUT2D eigenvalue weighted by atomic mass is 79.9. The number of methoxy groups -OCH3 is 1. The van der Waals surface area contributed by atoms with Gasteiger partial charge in [-0.05, 0) is 17.7 Å². The molecule has 1 aliphatic rings. The average molecular weight is 381 g/mol. The number of carbonyl (C=O) groups is 2. The van der Waals surface area contributed by atoms with E-state index in [-0.39, 0.29) is 24.0 Å². The standard InChI is InChI=1S/C15H13BrN2O3S/c1-21-14(20)8-22-15-12(7-17)11(6-13(19)18-15)9-2-4-10(16)5-3-9/h2-5,11H,6,8H2,1H3,(H,18,19)/t11-/m0/s1. The van der Waals surface area contributed by atoms with Gasteiger partial charge in [-0.15, -0.1) is 0 Å². The number of benzene rings is 1. The maximum absolute atomic E-state index is 11.9. The topological polar surface area (TPSA) is 79.2 Å². The van der Waals surface area contributed by atoms with E-state index in [9.17, 15) is 14.9 Å². The number of amides is 1. The van der Waals surface area contributed by atoms with Crippen LogP contribution in [0, 0.1) is 11.3 Å². The van der Waals surface area contributed by atoms with Crippen molar-refractivity contribution in [2.75, 3.05) is 12.9 Å². The van der Waals surface area contributed by atoms with Gasteiger partial charge in [0.1, 0.15) is 0 Å². The number of nitrogens with one attached hydrogen (secondary N) is 1. The highest BCUT2D eigenvalue weighted by Crippen LogP contribution is 2.36. The minimum absolute atomic E-state index is 0.0460. The number of carbonyl (C=O) groups excluding carboxylic acids is 2. The third-order valence-electron chi connectivity index (χ3n) is 3.19. The zero-order valence-corrected chi connectivity index (χ0v) is 14.2. The molecule has 1 aliphatic heterocycles. The molecule has 5 nitrogen and oxygen atoms in total. The molecule has 0 saturated carbocycles. The summed E-state index contributed by atoms with van der Waals surface area (Å²) in [6.07, 6.45) is 0.215. The van der Waals surface area contributed by atoms with Gasteiger partial charge in [0.25, 0.3) is 0 Å². The molecule has 0 aliphatic carbocycles. The number of allylic oxidation sites excluding steroid dienone is 1. The van der Waals surface area contributed by atoms with Crippen molar-refractivity contribution >= 4 is 39.6 Å². The van der Waals surface area contributed by atoms with Crippen LogP contribution in [-0.2, 0) is 14.3 Å². The second-order valence-electron chi connectivity index (χ2n) is 4.58. The maximum atomic E-state index is 11.9. The predicted molar refractivity (Wildman–Crippen MR) is 86.8 cm³/mol. The number of thioether (sulfide) groups is 1. The molecular weight excluding hydrogens is 368 g/mol. The first kappa shape index (κ1) is 16.6. The molecule has 1 heterocycles. The smallest absolute Gasteiger partial charge is 0.316 e. The Balaban J connectivity index is 2.32. The van der Waals surface area contributed by atoms with Crippen LogP contribution in [0.3, 0.4) is 0 Å². The zero-order chi connectivity index (χ0) is 16.1. The van der Waals surface area contributed by atoms with Crippen molar-refractivity contribution in [3.8, 4) is 6.07 Å². The Labute approximate surface area is 140 Å². The van der Waals surface area contributed by atoms with Crippen molar-refractivity contribution in [1.82, 2.24) is 5.32 Å². The summed E-state index contributed by atoms with van der Waals surface area (Å²) < 4.78 is 5.51. The molecule has 22 heavy (non-hydrogen) atoms. The fraction of sp³-hybridized carbons (Fsp3) is 0.267. The minimum atomic E-state index is -0.408. The molecule has 1 atom stereocenters. The van der Waals surface area contributed by atoms with Gasteiger partial charge in [-0.25, -0.2) is 0 Å². The van der Waals surface area contributed by atoms with Gasteiger partial charge in [-0.2, -0.15) is 5.26 Å². The number of nitriles is 1. The molecular formula is C15H13BrN2O3S. The van der Waals surface area contributed by atoms with Gasteiger partial charge in [0.15, 0.2) is 0 Å². The molecule has 7 heteroatoms. The molecule has 0 spiro atoms. The summed E-state index contributed by atoms with van der Waals surface area (Å²) in [7, 11) is 1.30. The van der Waals surface area contributed by atoms with Crippen LogP contribution in [-0.4, -0.2) is 24.7 Å². The van der Waals surface area contributed by atoms with Crippen LogP contribution in [0.1, 0.15) is 17.9 Å². The fourth-order valence-corrected chi connectivity index (χ4v) is 3.28. The summed E-state index contributed by atoms with van der Waals surface area (Å²) in [6, 6.07) is 9.67. The molecule has 0 saturated heterocycles. The van der Waals surface area contributed by atoms with E-state index < -0.39 is 5.97 Å². The Morgan fingerprint density at radius 2 is 2.18 bits per heavy atom. The zero-order valence-electron chi connectivity index (χ0n) is 11.8. The van der Waals surface area contributed by atoms with Gasteiger partial charge >= 0.3 is 5.97 Å². The van der Waals surface area contributed by atoms with Crippen LogP contribution in [0.5, 0.6) is 0 Å². The third kappa shape index (κ3) is 3.90. The summed E-state index contributed by atoms with van der Waals surface area (Å²) in [6.45, 7) is 0. The number of halogens is 1. The van der Waals surface area contributed by atoms with Gasteiger partial charge < -0.3 is 10.1 Å². The SMILES string of the molecule is COC(=O)CSC1=C(C#N)[C@H](c2ccc(Br)cc2)CC(=O)N1. The number of nitrogens with zero attached hydrogens (tertiary/aromatic N) is 1. The first-order valence-electron chi connectivity index (χ1n) is 6.44. The molecule has 1 aromatic rings. The molecule has 1 amide bonds. The van der Waals surface area contributed by atoms with E-state index in [1.54, 1.807) is 0 Å². The number of ether oxygens (including phenoxy) is 1. The van der Waals surface area contributed by atoms with Crippen molar-refractivity contribution in [3.63, 3.8) is 0 Å². The molecule has 0 unspecified atom stereocenters. The largest absolute Gasteiger partial charge is 0.468 e. The Kier molecular flexibility index (Phi) is 5.63. The normalized spacial score (nSPS) is 17.7. The lowest BCUT2D eigenvalue weighted by Gasteiger charge is -2.24. The van der Waals surface area contributed by atoms with Crippen LogP contribution in [0.25, 0.3) is 0 Å². The van der Waals surface area contributed by atoms with Crippen LogP contribution in [0.4, 0.5) is 0 Å².